The van der Waals surface area contributed by atoms with Crippen LogP contribution in [0.3, 0.4) is 0 Å². The molecule has 0 bridgehead atoms. The minimum absolute atomic E-state index is 0.0905. The van der Waals surface area contributed by atoms with Gasteiger partial charge >= 0.3 is 0 Å². The average Bonchev–Trinajstić information content (AvgIpc) is 3.25. The normalized spacial score (nSPS) is 10.7. The smallest absolute Gasteiger partial charge is 0.243 e. The van der Waals surface area contributed by atoms with Gasteiger partial charge in [-0.2, -0.15) is 0 Å². The minimum atomic E-state index is -0.261. The number of anilines is 1. The molecular weight excluding hydrogens is 450 g/mol. The highest BCUT2D eigenvalue weighted by Crippen LogP contribution is 2.26. The molecule has 9 heteroatoms. The number of thioether (sulfide) groups is 1. The van der Waals surface area contributed by atoms with Crippen LogP contribution in [0.25, 0.3) is 11.4 Å². The minimum Gasteiger partial charge on any atom is -0.497 e. The molecule has 3 aromatic rings. The molecule has 8 nitrogen and oxygen atoms in total. The van der Waals surface area contributed by atoms with E-state index in [1.807, 2.05) is 60.9 Å². The van der Waals surface area contributed by atoms with Crippen LogP contribution in [0, 0.1) is 13.8 Å². The number of amides is 2. The third-order valence-electron chi connectivity index (χ3n) is 5.32. The van der Waals surface area contributed by atoms with Gasteiger partial charge in [-0.25, -0.2) is 0 Å². The van der Waals surface area contributed by atoms with E-state index in [9.17, 15) is 9.59 Å². The lowest BCUT2D eigenvalue weighted by atomic mass is 10.1. The molecule has 180 valence electrons. The summed E-state index contributed by atoms with van der Waals surface area (Å²) in [6.07, 6.45) is 2.00. The summed E-state index contributed by atoms with van der Waals surface area (Å²) in [5.41, 5.74) is 3.68. The Kier molecular flexibility index (Phi) is 9.09. The first-order valence-electron chi connectivity index (χ1n) is 11.3. The Morgan fingerprint density at radius 1 is 1.03 bits per heavy atom. The lowest BCUT2D eigenvalue weighted by Gasteiger charge is -2.12. The first-order valence-corrected chi connectivity index (χ1v) is 12.2. The molecule has 0 aliphatic heterocycles. The van der Waals surface area contributed by atoms with Crippen molar-refractivity contribution in [3.8, 4) is 17.1 Å². The van der Waals surface area contributed by atoms with E-state index in [0.717, 1.165) is 53.3 Å². The summed E-state index contributed by atoms with van der Waals surface area (Å²) in [6.45, 7) is 6.67. The number of hydrogen-bond donors (Lipinski definition) is 2. The molecule has 0 saturated heterocycles. The van der Waals surface area contributed by atoms with Crippen molar-refractivity contribution in [3.05, 3.63) is 53.6 Å². The molecule has 0 saturated carbocycles. The van der Waals surface area contributed by atoms with Crippen LogP contribution in [0.15, 0.2) is 47.6 Å². The quantitative estimate of drug-likeness (QED) is 0.398. The van der Waals surface area contributed by atoms with Gasteiger partial charge in [0.25, 0.3) is 0 Å². The van der Waals surface area contributed by atoms with Crippen molar-refractivity contribution >= 4 is 29.3 Å². The molecule has 2 aromatic carbocycles. The number of nitrogens with zero attached hydrogens (tertiary/aromatic N) is 3. The van der Waals surface area contributed by atoms with Crippen molar-refractivity contribution in [2.24, 2.45) is 0 Å². The van der Waals surface area contributed by atoms with Crippen molar-refractivity contribution in [2.75, 3.05) is 24.7 Å². The Hall–Kier alpha value is -3.33. The van der Waals surface area contributed by atoms with E-state index in [4.69, 9.17) is 4.74 Å². The highest BCUT2D eigenvalue weighted by Gasteiger charge is 2.16. The fraction of sp³-hybridized carbons (Fsp3) is 0.360. The Bertz CT molecular complexity index is 1110. The van der Waals surface area contributed by atoms with Gasteiger partial charge in [0.2, 0.25) is 11.8 Å². The van der Waals surface area contributed by atoms with Crippen LogP contribution in [0.4, 0.5) is 5.69 Å². The molecule has 1 heterocycles. The van der Waals surface area contributed by atoms with Crippen molar-refractivity contribution < 1.29 is 14.3 Å². The summed E-state index contributed by atoms with van der Waals surface area (Å²) in [6, 6.07) is 13.5. The van der Waals surface area contributed by atoms with Crippen LogP contribution < -0.4 is 15.4 Å². The molecule has 0 unspecified atom stereocenters. The molecule has 2 amide bonds. The first kappa shape index (κ1) is 25.3. The van der Waals surface area contributed by atoms with Crippen LogP contribution in [-0.2, 0) is 16.1 Å². The number of rotatable bonds is 11. The fourth-order valence-electron chi connectivity index (χ4n) is 3.42. The van der Waals surface area contributed by atoms with Crippen LogP contribution >= 0.6 is 11.8 Å². The second kappa shape index (κ2) is 12.2. The number of carbonyl (C=O) groups excluding carboxylic acids is 2. The number of aryl methyl sites for hydroxylation is 2. The van der Waals surface area contributed by atoms with Crippen molar-refractivity contribution in [3.63, 3.8) is 0 Å². The van der Waals surface area contributed by atoms with Gasteiger partial charge in [-0.3, -0.25) is 9.59 Å². The van der Waals surface area contributed by atoms with E-state index >= 15 is 0 Å². The summed E-state index contributed by atoms with van der Waals surface area (Å²) >= 11 is 1.31. The topological polar surface area (TPSA) is 98.1 Å². The second-order valence-electron chi connectivity index (χ2n) is 7.92. The lowest BCUT2D eigenvalue weighted by molar-refractivity contribution is -0.122. The molecule has 0 fully saturated rings. The SMILES string of the molecule is CCCCn1c(SCC(=O)NCC(=O)Nc2c(C)cccc2C)nnc1-c1ccc(OC)cc1. The zero-order valence-corrected chi connectivity index (χ0v) is 20.9. The highest BCUT2D eigenvalue weighted by atomic mass is 32.2. The number of methoxy groups -OCH3 is 1. The van der Waals surface area contributed by atoms with E-state index < -0.39 is 0 Å². The average molecular weight is 482 g/mol. The number of nitrogens with one attached hydrogen (secondary N) is 2. The number of aromatic nitrogens is 3. The first-order chi connectivity index (χ1) is 16.4. The van der Waals surface area contributed by atoms with Crippen molar-refractivity contribution in [2.45, 2.75) is 45.3 Å². The van der Waals surface area contributed by atoms with Crippen LogP contribution in [0.5, 0.6) is 5.75 Å². The molecule has 1 aromatic heterocycles. The van der Waals surface area contributed by atoms with Gasteiger partial charge in [0.1, 0.15) is 5.75 Å². The molecule has 3 rings (SSSR count). The molecule has 0 aliphatic carbocycles. The largest absolute Gasteiger partial charge is 0.497 e. The number of para-hydroxylation sites is 1. The van der Waals surface area contributed by atoms with Gasteiger partial charge < -0.3 is 19.9 Å². The Labute approximate surface area is 204 Å². The Morgan fingerprint density at radius 3 is 2.38 bits per heavy atom. The molecule has 0 spiro atoms. The summed E-state index contributed by atoms with van der Waals surface area (Å²) < 4.78 is 7.27. The van der Waals surface area contributed by atoms with Gasteiger partial charge in [-0.1, -0.05) is 43.3 Å². The van der Waals surface area contributed by atoms with E-state index in [2.05, 4.69) is 27.8 Å². The Balaban J connectivity index is 1.59. The van der Waals surface area contributed by atoms with Crippen LogP contribution in [0.1, 0.15) is 30.9 Å². The lowest BCUT2D eigenvalue weighted by Crippen LogP contribution is -2.34. The monoisotopic (exact) mass is 481 g/mol. The summed E-state index contributed by atoms with van der Waals surface area (Å²) in [7, 11) is 1.63. The third kappa shape index (κ3) is 6.60. The molecule has 2 N–H and O–H groups in total. The number of ether oxygens (including phenoxy) is 1. The number of benzene rings is 2. The molecule has 0 aliphatic rings. The second-order valence-corrected chi connectivity index (χ2v) is 8.86. The predicted molar refractivity (Wildman–Crippen MR) is 135 cm³/mol. The zero-order chi connectivity index (χ0) is 24.5. The maximum absolute atomic E-state index is 12.4. The summed E-state index contributed by atoms with van der Waals surface area (Å²) in [5, 5.41) is 14.9. The number of unbranched alkanes of at least 4 members (excludes halogenated alkanes) is 1. The molecule has 34 heavy (non-hydrogen) atoms. The molecule has 0 atom stereocenters. The van der Waals surface area contributed by atoms with E-state index in [1.54, 1.807) is 7.11 Å². The maximum atomic E-state index is 12.4. The van der Waals surface area contributed by atoms with Gasteiger partial charge in [0.05, 0.1) is 19.4 Å². The summed E-state index contributed by atoms with van der Waals surface area (Å²) in [4.78, 5) is 24.7. The van der Waals surface area contributed by atoms with Gasteiger partial charge in [-0.15, -0.1) is 10.2 Å². The predicted octanol–water partition coefficient (Wildman–Crippen LogP) is 4.22. The third-order valence-corrected chi connectivity index (χ3v) is 6.29. The van der Waals surface area contributed by atoms with Gasteiger partial charge in [-0.05, 0) is 55.7 Å². The fourth-order valence-corrected chi connectivity index (χ4v) is 4.22. The van der Waals surface area contributed by atoms with E-state index in [0.29, 0.717) is 5.16 Å². The highest BCUT2D eigenvalue weighted by molar-refractivity contribution is 7.99. The maximum Gasteiger partial charge on any atom is 0.243 e. The number of carbonyl (C=O) groups is 2. The van der Waals surface area contributed by atoms with Gasteiger partial charge in [0.15, 0.2) is 11.0 Å². The molecular formula is C25H31N5O3S. The van der Waals surface area contributed by atoms with E-state index in [-0.39, 0.29) is 24.1 Å². The molecule has 0 radical (unpaired) electrons. The summed E-state index contributed by atoms with van der Waals surface area (Å²) in [5.74, 6) is 1.17. The van der Waals surface area contributed by atoms with E-state index in [1.165, 1.54) is 11.8 Å². The zero-order valence-electron chi connectivity index (χ0n) is 20.1. The number of hydrogen-bond acceptors (Lipinski definition) is 6. The van der Waals surface area contributed by atoms with Crippen LogP contribution in [-0.4, -0.2) is 46.0 Å². The van der Waals surface area contributed by atoms with Crippen LogP contribution in [0.2, 0.25) is 0 Å². The standard InChI is InChI=1S/C25H31N5O3S/c1-5-6-14-30-24(19-10-12-20(33-4)13-11-19)28-29-25(30)34-16-22(32)26-15-21(31)27-23-17(2)8-7-9-18(23)3/h7-13H,5-6,14-16H2,1-4H3,(H,26,32)(H,27,31). The Morgan fingerprint density at radius 2 is 1.74 bits per heavy atom. The van der Waals surface area contributed by atoms with Crippen molar-refractivity contribution in [1.29, 1.82) is 0 Å². The van der Waals surface area contributed by atoms with Gasteiger partial charge in [0, 0.05) is 17.8 Å². The van der Waals surface area contributed by atoms with Crippen molar-refractivity contribution in [1.82, 2.24) is 20.1 Å².